The van der Waals surface area contributed by atoms with Crippen molar-refractivity contribution in [2.24, 2.45) is 40.4 Å². The van der Waals surface area contributed by atoms with E-state index in [0.717, 1.165) is 57.2 Å². The van der Waals surface area contributed by atoms with E-state index >= 15 is 0 Å². The molecule has 0 radical (unpaired) electrons. The smallest absolute Gasteiger partial charge is 0.178 e. The first-order chi connectivity index (χ1) is 17.3. The molecule has 0 aromatic heterocycles. The molecule has 1 N–H and O–H groups in total. The van der Waals surface area contributed by atoms with E-state index in [1.807, 2.05) is 33.5 Å². The fraction of sp³-hybridized carbons (Fsp3) is 0.806. The van der Waals surface area contributed by atoms with Crippen LogP contribution in [0.25, 0.3) is 0 Å². The number of fused-ring (bicyclic) bond motifs is 5. The highest BCUT2D eigenvalue weighted by molar-refractivity contribution is 7.46. The molecular weight excluding hydrogens is 483 g/mol. The minimum absolute atomic E-state index is 0.118. The zero-order valence-corrected chi connectivity index (χ0v) is 25.8. The molecule has 6 heteroatoms. The molecule has 37 heavy (non-hydrogen) atoms. The van der Waals surface area contributed by atoms with Gasteiger partial charge in [-0.15, -0.1) is 0 Å². The fourth-order valence-corrected chi connectivity index (χ4v) is 8.48. The third-order valence-electron chi connectivity index (χ3n) is 9.67. The summed E-state index contributed by atoms with van der Waals surface area (Å²) in [6.07, 6.45) is 11.5. The topological polar surface area (TPSA) is 72.8 Å². The minimum atomic E-state index is -0.581. The maximum Gasteiger partial charge on any atom is 0.178 e. The Labute approximate surface area is 227 Å². The fourth-order valence-electron chi connectivity index (χ4n) is 7.68. The molecule has 6 unspecified atom stereocenters. The molecule has 212 valence electrons. The normalized spacial score (nSPS) is 37.8. The van der Waals surface area contributed by atoms with Crippen molar-refractivity contribution in [3.05, 3.63) is 23.8 Å². The van der Waals surface area contributed by atoms with Gasteiger partial charge >= 0.3 is 0 Å². The van der Waals surface area contributed by atoms with Gasteiger partial charge in [0.15, 0.2) is 14.2 Å². The van der Waals surface area contributed by atoms with Gasteiger partial charge in [0.2, 0.25) is 0 Å². The van der Waals surface area contributed by atoms with E-state index in [-0.39, 0.29) is 34.4 Å². The van der Waals surface area contributed by atoms with Crippen LogP contribution in [0, 0.1) is 40.4 Å². The molecule has 0 spiro atoms. The van der Waals surface area contributed by atoms with Crippen molar-refractivity contribution in [1.82, 2.24) is 0 Å². The van der Waals surface area contributed by atoms with E-state index in [1.165, 1.54) is 12.0 Å². The molecule has 5 nitrogen and oxygen atoms in total. The first kappa shape index (κ1) is 32.3. The second kappa shape index (κ2) is 14.0. The average molecular weight is 537 g/mol. The number of hydrogen-bond acceptors (Lipinski definition) is 5. The van der Waals surface area contributed by atoms with E-state index in [1.54, 1.807) is 13.0 Å². The van der Waals surface area contributed by atoms with Gasteiger partial charge in [-0.1, -0.05) is 46.3 Å². The van der Waals surface area contributed by atoms with Crippen LogP contribution in [0.15, 0.2) is 23.8 Å². The summed E-state index contributed by atoms with van der Waals surface area (Å²) in [5.41, 5.74) is 1.42. The highest BCUT2D eigenvalue weighted by Gasteiger charge is 2.61. The monoisotopic (exact) mass is 536 g/mol. The predicted octanol–water partition coefficient (Wildman–Crippen LogP) is 7.52. The van der Waals surface area contributed by atoms with Gasteiger partial charge in [0.25, 0.3) is 0 Å². The Morgan fingerprint density at radius 2 is 1.78 bits per heavy atom. The van der Waals surface area contributed by atoms with Gasteiger partial charge in [0, 0.05) is 24.4 Å². The van der Waals surface area contributed by atoms with Crippen LogP contribution in [0.5, 0.6) is 0 Å². The van der Waals surface area contributed by atoms with Crippen molar-refractivity contribution in [3.63, 3.8) is 0 Å². The molecule has 8 atom stereocenters. The number of ketones is 2. The van der Waals surface area contributed by atoms with Gasteiger partial charge in [0.1, 0.15) is 5.78 Å². The summed E-state index contributed by atoms with van der Waals surface area (Å²) >= 11 is 0. The van der Waals surface area contributed by atoms with E-state index in [9.17, 15) is 14.7 Å². The van der Waals surface area contributed by atoms with E-state index in [4.69, 9.17) is 9.05 Å². The summed E-state index contributed by atoms with van der Waals surface area (Å²) in [4.78, 5) is 21.8. The number of aliphatic hydroxyl groups is 1. The lowest BCUT2D eigenvalue weighted by Gasteiger charge is -2.58. The molecule has 4 aliphatic carbocycles. The molecule has 0 aliphatic heterocycles. The van der Waals surface area contributed by atoms with Gasteiger partial charge < -0.3 is 18.9 Å². The van der Waals surface area contributed by atoms with Gasteiger partial charge in [-0.2, -0.15) is 0 Å². The van der Waals surface area contributed by atoms with E-state index in [2.05, 4.69) is 33.8 Å². The van der Waals surface area contributed by atoms with Crippen LogP contribution in [0.1, 0.15) is 93.9 Å². The first-order valence-corrected chi connectivity index (χ1v) is 16.1. The molecule has 4 rings (SSSR count). The Hall–Kier alpha value is -0.870. The predicted molar refractivity (Wildman–Crippen MR) is 153 cm³/mol. The van der Waals surface area contributed by atoms with Gasteiger partial charge in [-0.05, 0) is 94.1 Å². The molecule has 4 aliphatic rings. The molecule has 0 amide bonds. The van der Waals surface area contributed by atoms with Crippen molar-refractivity contribution in [2.75, 3.05) is 19.9 Å². The maximum atomic E-state index is 11.8. The number of carbonyl (C=O) groups excluding carboxylic acids is 2. The molecule has 0 bridgehead atoms. The largest absolute Gasteiger partial charge is 0.393 e. The number of rotatable bonds is 6. The summed E-state index contributed by atoms with van der Waals surface area (Å²) in [7, 11) is -0.581. The number of hydrogen-bond donors (Lipinski definition) is 1. The minimum Gasteiger partial charge on any atom is -0.393 e. The van der Waals surface area contributed by atoms with E-state index in [0.29, 0.717) is 11.8 Å². The van der Waals surface area contributed by atoms with Crippen molar-refractivity contribution < 1.29 is 23.7 Å². The maximum absolute atomic E-state index is 11.8. The lowest BCUT2D eigenvalue weighted by atomic mass is 9.47. The lowest BCUT2D eigenvalue weighted by Crippen LogP contribution is -2.55. The van der Waals surface area contributed by atoms with Crippen LogP contribution in [0.2, 0.25) is 0 Å². The third-order valence-corrected chi connectivity index (χ3v) is 10.9. The Balaban J connectivity index is 0.000000286. The molecule has 0 aromatic carbocycles. The first-order valence-electron chi connectivity index (χ1n) is 14.5. The third kappa shape index (κ3) is 7.41. The van der Waals surface area contributed by atoms with E-state index < -0.39 is 8.38 Å². The van der Waals surface area contributed by atoms with Crippen LogP contribution in [-0.2, 0) is 18.6 Å². The van der Waals surface area contributed by atoms with Gasteiger partial charge in [-0.3, -0.25) is 4.79 Å². The van der Waals surface area contributed by atoms with Crippen LogP contribution >= 0.6 is 8.38 Å². The zero-order valence-electron chi connectivity index (χ0n) is 24.9. The molecular formula is C31H53O5P. The summed E-state index contributed by atoms with van der Waals surface area (Å²) in [6, 6.07) is 0. The van der Waals surface area contributed by atoms with Crippen LogP contribution < -0.4 is 0 Å². The standard InChI is InChI=1S/C21H30O2.C5H13O2P.C5H10O/c1-12-9-17-16-6-5-14-10-15(22)7-8-20(14,3)19(16)18(23)11-21(17,4)13(12)2;1-4-6-8(3)7-5-2;1-3-4-5(2)6/h7-8,10,12-13,16-19,23H,5-6,9,11H2,1-4H3;4-5H2,1-3H3;3-4H2,1-2H3/t12-,13-,16?,17?,18?,19?,20?,21?;;/m1../s1. The molecule has 0 heterocycles. The number of carbonyl (C=O) groups is 2. The molecule has 0 aromatic rings. The van der Waals surface area contributed by atoms with Crippen molar-refractivity contribution in [2.45, 2.75) is 100 Å². The molecule has 3 fully saturated rings. The second-order valence-electron chi connectivity index (χ2n) is 12.0. The summed E-state index contributed by atoms with van der Waals surface area (Å²) in [5, 5.41) is 11.1. The zero-order chi connectivity index (χ0) is 28.0. The summed E-state index contributed by atoms with van der Waals surface area (Å²) in [5.74, 6) is 3.45. The van der Waals surface area contributed by atoms with Gasteiger partial charge in [-0.25, -0.2) is 0 Å². The molecule has 0 saturated heterocycles. The average Bonchev–Trinajstić information content (AvgIpc) is 3.04. The van der Waals surface area contributed by atoms with Crippen molar-refractivity contribution in [1.29, 1.82) is 0 Å². The summed E-state index contributed by atoms with van der Waals surface area (Å²) in [6.45, 7) is 20.5. The van der Waals surface area contributed by atoms with Crippen LogP contribution in [0.4, 0.5) is 0 Å². The summed E-state index contributed by atoms with van der Waals surface area (Å²) < 4.78 is 10.2. The molecule has 3 saturated carbocycles. The second-order valence-corrected chi connectivity index (χ2v) is 13.4. The Kier molecular flexibility index (Phi) is 12.2. The number of aliphatic hydroxyl groups excluding tert-OH is 1. The number of allylic oxidation sites excluding steroid dienone is 4. The Morgan fingerprint density at radius 1 is 1.16 bits per heavy atom. The SMILES string of the molecule is CCCC(C)=O.CCOP(C)OCC.C[C@@H]1CC2C3CCC4=CC(=O)C=CC4(C)C3C(O)CC2(C)[C@@H]1C. The Bertz CT molecular complexity index is 831. The quantitative estimate of drug-likeness (QED) is 0.355. The van der Waals surface area contributed by atoms with Crippen molar-refractivity contribution >= 4 is 19.9 Å². The Morgan fingerprint density at radius 3 is 2.30 bits per heavy atom. The van der Waals surface area contributed by atoms with Crippen molar-refractivity contribution in [3.8, 4) is 0 Å². The van der Waals surface area contributed by atoms with Gasteiger partial charge in [0.05, 0.1) is 19.3 Å². The number of Topliss-reactive ketones (excluding diaryl/α,β-unsaturated/α-hetero) is 1. The van der Waals surface area contributed by atoms with Crippen LogP contribution in [-0.4, -0.2) is 42.7 Å². The lowest BCUT2D eigenvalue weighted by molar-refractivity contribution is -0.117. The van der Waals surface area contributed by atoms with Crippen LogP contribution in [0.3, 0.4) is 0 Å². The highest BCUT2D eigenvalue weighted by Crippen LogP contribution is 2.66. The highest BCUT2D eigenvalue weighted by atomic mass is 31.2.